The Morgan fingerprint density at radius 3 is 2.39 bits per heavy atom. The second-order valence-corrected chi connectivity index (χ2v) is 6.71. The maximum atomic E-state index is 13.0. The number of benzene rings is 2. The number of hydrogen-bond donors (Lipinski definition) is 0. The number of carbonyl (C=O) groups is 1. The highest BCUT2D eigenvalue weighted by Gasteiger charge is 2.22. The van der Waals surface area contributed by atoms with Crippen LogP contribution >= 0.6 is 0 Å². The molecule has 2 heteroatoms. The molecule has 2 aromatic rings. The molecule has 0 fully saturated rings. The van der Waals surface area contributed by atoms with Crippen LogP contribution in [-0.4, -0.2) is 18.9 Å². The van der Waals surface area contributed by atoms with Gasteiger partial charge in [-0.25, -0.2) is 0 Å². The Labute approximate surface area is 139 Å². The first kappa shape index (κ1) is 15.8. The molecule has 0 spiro atoms. The molecule has 2 aromatic carbocycles. The fourth-order valence-corrected chi connectivity index (χ4v) is 3.66. The molecule has 0 atom stereocenters. The summed E-state index contributed by atoms with van der Waals surface area (Å²) in [4.78, 5) is 15.3. The van der Waals surface area contributed by atoms with Crippen LogP contribution in [0, 0.1) is 27.7 Å². The summed E-state index contributed by atoms with van der Waals surface area (Å²) in [5.41, 5.74) is 8.18. The monoisotopic (exact) mass is 307 g/mol. The standard InChI is InChI=1S/C21H25NO/c1-14-12-15(2)17(4)21(16(14)3)20(23)13-22-11-7-9-18-8-5-6-10-19(18)22/h5-6,8,10,12H,7,9,11,13H2,1-4H3. The topological polar surface area (TPSA) is 20.3 Å². The van der Waals surface area contributed by atoms with Crippen LogP contribution in [0.4, 0.5) is 5.69 Å². The summed E-state index contributed by atoms with van der Waals surface area (Å²) >= 11 is 0. The van der Waals surface area contributed by atoms with Gasteiger partial charge in [0.15, 0.2) is 5.78 Å². The van der Waals surface area contributed by atoms with Gasteiger partial charge in [0.05, 0.1) is 6.54 Å². The van der Waals surface area contributed by atoms with Crippen molar-refractivity contribution in [3.63, 3.8) is 0 Å². The number of anilines is 1. The average Bonchev–Trinajstić information content (AvgIpc) is 2.54. The lowest BCUT2D eigenvalue weighted by atomic mass is 9.91. The molecule has 0 radical (unpaired) electrons. The number of rotatable bonds is 3. The van der Waals surface area contributed by atoms with Crippen LogP contribution in [0.5, 0.6) is 0 Å². The van der Waals surface area contributed by atoms with Crippen molar-refractivity contribution in [3.05, 3.63) is 63.7 Å². The van der Waals surface area contributed by atoms with Crippen molar-refractivity contribution >= 4 is 11.5 Å². The molecule has 1 heterocycles. The van der Waals surface area contributed by atoms with Crippen molar-refractivity contribution in [2.24, 2.45) is 0 Å². The predicted octanol–water partition coefficient (Wildman–Crippen LogP) is 4.56. The molecule has 0 unspecified atom stereocenters. The first-order valence-corrected chi connectivity index (χ1v) is 8.42. The molecule has 1 aliphatic heterocycles. The molecule has 2 nitrogen and oxygen atoms in total. The predicted molar refractivity (Wildman–Crippen MR) is 96.7 cm³/mol. The SMILES string of the molecule is Cc1cc(C)c(C)c(C(=O)CN2CCCc3ccccc32)c1C. The smallest absolute Gasteiger partial charge is 0.182 e. The maximum absolute atomic E-state index is 13.0. The number of carbonyl (C=O) groups excluding carboxylic acids is 1. The van der Waals surface area contributed by atoms with Crippen LogP contribution in [-0.2, 0) is 6.42 Å². The Kier molecular flexibility index (Phi) is 4.25. The average molecular weight is 307 g/mol. The number of fused-ring (bicyclic) bond motifs is 1. The van der Waals surface area contributed by atoms with Gasteiger partial charge in [0.2, 0.25) is 0 Å². The Hall–Kier alpha value is -2.09. The van der Waals surface area contributed by atoms with E-state index in [2.05, 4.69) is 62.9 Å². The van der Waals surface area contributed by atoms with Gasteiger partial charge < -0.3 is 4.90 Å². The van der Waals surface area contributed by atoms with Crippen molar-refractivity contribution in [1.29, 1.82) is 0 Å². The molecule has 1 aliphatic rings. The number of hydrogen-bond acceptors (Lipinski definition) is 2. The Morgan fingerprint density at radius 2 is 1.70 bits per heavy atom. The van der Waals surface area contributed by atoms with Gasteiger partial charge in [-0.1, -0.05) is 24.3 Å². The van der Waals surface area contributed by atoms with E-state index < -0.39 is 0 Å². The molecule has 0 N–H and O–H groups in total. The van der Waals surface area contributed by atoms with Gasteiger partial charge in [-0.15, -0.1) is 0 Å². The zero-order valence-corrected chi connectivity index (χ0v) is 14.6. The second kappa shape index (κ2) is 6.19. The summed E-state index contributed by atoms with van der Waals surface area (Å²) in [6.07, 6.45) is 2.23. The molecular formula is C21H25NO. The van der Waals surface area contributed by atoms with Crippen LogP contribution < -0.4 is 4.90 Å². The third-order valence-electron chi connectivity index (χ3n) is 5.19. The van der Waals surface area contributed by atoms with E-state index in [4.69, 9.17) is 0 Å². The Balaban J connectivity index is 1.93. The summed E-state index contributed by atoms with van der Waals surface area (Å²) in [5.74, 6) is 0.239. The normalized spacial score (nSPS) is 13.8. The van der Waals surface area contributed by atoms with Crippen molar-refractivity contribution < 1.29 is 4.79 Å². The third-order valence-corrected chi connectivity index (χ3v) is 5.19. The Morgan fingerprint density at radius 1 is 1.04 bits per heavy atom. The number of nitrogens with zero attached hydrogens (tertiary/aromatic N) is 1. The molecule has 23 heavy (non-hydrogen) atoms. The van der Waals surface area contributed by atoms with E-state index >= 15 is 0 Å². The number of para-hydroxylation sites is 1. The van der Waals surface area contributed by atoms with Gasteiger partial charge in [0.1, 0.15) is 0 Å². The van der Waals surface area contributed by atoms with Crippen molar-refractivity contribution in [1.82, 2.24) is 0 Å². The highest BCUT2D eigenvalue weighted by Crippen LogP contribution is 2.28. The van der Waals surface area contributed by atoms with Crippen LogP contribution in [0.25, 0.3) is 0 Å². The Bertz CT molecular complexity index is 734. The summed E-state index contributed by atoms with van der Waals surface area (Å²) in [6, 6.07) is 10.7. The van der Waals surface area contributed by atoms with Crippen LogP contribution in [0.15, 0.2) is 30.3 Å². The molecule has 0 aliphatic carbocycles. The summed E-state index contributed by atoms with van der Waals surface area (Å²) in [5, 5.41) is 0. The number of Topliss-reactive ketones (excluding diaryl/α,β-unsaturated/α-hetero) is 1. The van der Waals surface area contributed by atoms with Gasteiger partial charge in [-0.05, 0) is 74.4 Å². The van der Waals surface area contributed by atoms with Gasteiger partial charge >= 0.3 is 0 Å². The minimum atomic E-state index is 0.239. The van der Waals surface area contributed by atoms with Crippen LogP contribution in [0.1, 0.15) is 44.6 Å². The maximum Gasteiger partial charge on any atom is 0.182 e. The molecule has 0 saturated heterocycles. The van der Waals surface area contributed by atoms with Gasteiger partial charge in [0.25, 0.3) is 0 Å². The van der Waals surface area contributed by atoms with E-state index in [1.165, 1.54) is 22.4 Å². The van der Waals surface area contributed by atoms with E-state index in [-0.39, 0.29) is 5.78 Å². The van der Waals surface area contributed by atoms with Gasteiger partial charge in [-0.3, -0.25) is 4.79 Å². The first-order chi connectivity index (χ1) is 11.0. The lowest BCUT2D eigenvalue weighted by Gasteiger charge is -2.31. The number of aryl methyl sites for hydroxylation is 3. The fraction of sp³-hybridized carbons (Fsp3) is 0.381. The van der Waals surface area contributed by atoms with E-state index in [9.17, 15) is 4.79 Å². The molecule has 0 bridgehead atoms. The summed E-state index contributed by atoms with van der Waals surface area (Å²) < 4.78 is 0. The molecular weight excluding hydrogens is 282 g/mol. The lowest BCUT2D eigenvalue weighted by molar-refractivity contribution is 0.0997. The van der Waals surface area contributed by atoms with E-state index in [1.807, 2.05) is 0 Å². The summed E-state index contributed by atoms with van der Waals surface area (Å²) in [7, 11) is 0. The van der Waals surface area contributed by atoms with Crippen molar-refractivity contribution in [2.75, 3.05) is 18.0 Å². The largest absolute Gasteiger partial charge is 0.364 e. The molecule has 0 aromatic heterocycles. The molecule has 0 amide bonds. The van der Waals surface area contributed by atoms with Gasteiger partial charge in [0, 0.05) is 17.8 Å². The van der Waals surface area contributed by atoms with E-state index in [0.29, 0.717) is 6.54 Å². The lowest BCUT2D eigenvalue weighted by Crippen LogP contribution is -2.34. The highest BCUT2D eigenvalue weighted by atomic mass is 16.1. The van der Waals surface area contributed by atoms with Crippen molar-refractivity contribution in [3.8, 4) is 0 Å². The third kappa shape index (κ3) is 2.90. The highest BCUT2D eigenvalue weighted by molar-refractivity contribution is 6.02. The summed E-state index contributed by atoms with van der Waals surface area (Å²) in [6.45, 7) is 9.76. The minimum Gasteiger partial charge on any atom is -0.364 e. The number of ketones is 1. The zero-order chi connectivity index (χ0) is 16.6. The molecule has 3 rings (SSSR count). The fourth-order valence-electron chi connectivity index (χ4n) is 3.66. The van der Waals surface area contributed by atoms with Crippen LogP contribution in [0.2, 0.25) is 0 Å². The molecule has 0 saturated carbocycles. The van der Waals surface area contributed by atoms with Crippen LogP contribution in [0.3, 0.4) is 0 Å². The van der Waals surface area contributed by atoms with E-state index in [1.54, 1.807) is 0 Å². The quantitative estimate of drug-likeness (QED) is 0.775. The van der Waals surface area contributed by atoms with Gasteiger partial charge in [-0.2, -0.15) is 0 Å². The minimum absolute atomic E-state index is 0.239. The second-order valence-electron chi connectivity index (χ2n) is 6.71. The van der Waals surface area contributed by atoms with E-state index in [0.717, 1.165) is 36.1 Å². The zero-order valence-electron chi connectivity index (χ0n) is 14.6. The van der Waals surface area contributed by atoms with Crippen molar-refractivity contribution in [2.45, 2.75) is 40.5 Å². The molecule has 120 valence electrons. The first-order valence-electron chi connectivity index (χ1n) is 8.42.